The highest BCUT2D eigenvalue weighted by Crippen LogP contribution is 2.41. The number of benzene rings is 2. The van der Waals surface area contributed by atoms with Gasteiger partial charge >= 0.3 is 5.97 Å². The smallest absolute Gasteiger partial charge is 0.322 e. The zero-order chi connectivity index (χ0) is 22.6. The van der Waals surface area contributed by atoms with Crippen molar-refractivity contribution in [2.24, 2.45) is 0 Å². The van der Waals surface area contributed by atoms with Gasteiger partial charge in [-0.25, -0.2) is 0 Å². The molecule has 3 rings (SSSR count). The molecule has 0 spiro atoms. The Labute approximate surface area is 189 Å². The Balaban J connectivity index is 1.77. The number of carboxylic acid groups (broad SMARTS) is 1. The largest absolute Gasteiger partial charge is 0.508 e. The van der Waals surface area contributed by atoms with E-state index in [1.165, 1.54) is 0 Å². The third kappa shape index (κ3) is 5.81. The molecule has 31 heavy (non-hydrogen) atoms. The number of aliphatic carboxylic acids is 1. The summed E-state index contributed by atoms with van der Waals surface area (Å²) >= 11 is 12.8. The molecule has 6 nitrogen and oxygen atoms in total. The molecule has 2 aromatic carbocycles. The fourth-order valence-corrected chi connectivity index (χ4v) is 3.89. The lowest BCUT2D eigenvalue weighted by Crippen LogP contribution is -2.32. The number of aliphatic hydroxyl groups excluding tert-OH is 1. The monoisotopic (exact) mass is 461 g/mol. The number of allylic oxidation sites excluding steroid dienone is 1. The highest BCUT2D eigenvalue weighted by atomic mass is 35.5. The minimum absolute atomic E-state index is 0.0705. The van der Waals surface area contributed by atoms with Gasteiger partial charge in [-0.15, -0.1) is 0 Å². The first-order valence-electron chi connectivity index (χ1n) is 9.49. The molecule has 0 aromatic heterocycles. The van der Waals surface area contributed by atoms with E-state index >= 15 is 0 Å². The van der Waals surface area contributed by atoms with Crippen molar-refractivity contribution in [1.29, 1.82) is 0 Å². The number of nitrogens with one attached hydrogen (secondary N) is 1. The number of hydrogen-bond acceptors (Lipinski definition) is 4. The van der Waals surface area contributed by atoms with E-state index in [0.29, 0.717) is 12.0 Å². The summed E-state index contributed by atoms with van der Waals surface area (Å²) in [6, 6.07) is 12.6. The summed E-state index contributed by atoms with van der Waals surface area (Å²) in [4.78, 5) is 22.4. The first-order valence-corrected chi connectivity index (χ1v) is 10.2. The standard InChI is InChI=1S/C23H21Cl2NO5/c1-23(8-7-19(27)16(12-23)15-5-3-2-4-6-15)31-22-17(24)9-14(10-18(22)25)11-20(28)26-13-21(29)30/h2-10,27H,11-13H2,1H3,(H,26,28)(H,29,30). The molecule has 1 unspecified atom stereocenters. The summed E-state index contributed by atoms with van der Waals surface area (Å²) in [6.07, 6.45) is 3.66. The van der Waals surface area contributed by atoms with Crippen LogP contribution >= 0.6 is 23.2 Å². The normalized spacial score (nSPS) is 18.0. The predicted octanol–water partition coefficient (Wildman–Crippen LogP) is 4.80. The average molecular weight is 462 g/mol. The van der Waals surface area contributed by atoms with E-state index in [0.717, 1.165) is 11.1 Å². The van der Waals surface area contributed by atoms with Crippen LogP contribution in [0.4, 0.5) is 0 Å². The molecular formula is C23H21Cl2NO5. The van der Waals surface area contributed by atoms with E-state index in [1.807, 2.05) is 37.3 Å². The van der Waals surface area contributed by atoms with Gasteiger partial charge in [-0.2, -0.15) is 0 Å². The molecule has 8 heteroatoms. The van der Waals surface area contributed by atoms with E-state index in [9.17, 15) is 14.7 Å². The Morgan fingerprint density at radius 2 is 1.81 bits per heavy atom. The second-order valence-electron chi connectivity index (χ2n) is 7.39. The van der Waals surface area contributed by atoms with Crippen molar-refractivity contribution < 1.29 is 24.5 Å². The lowest BCUT2D eigenvalue weighted by atomic mass is 9.86. The highest BCUT2D eigenvalue weighted by molar-refractivity contribution is 6.37. The van der Waals surface area contributed by atoms with E-state index in [1.54, 1.807) is 24.3 Å². The fraction of sp³-hybridized carbons (Fsp3) is 0.217. The summed E-state index contributed by atoms with van der Waals surface area (Å²) in [6.45, 7) is 1.40. The quantitative estimate of drug-likeness (QED) is 0.549. The SMILES string of the molecule is CC1(Oc2c(Cl)cc(CC(=O)NCC(=O)O)cc2Cl)C=CC(O)=C(c2ccccc2)C1. The Morgan fingerprint density at radius 1 is 1.16 bits per heavy atom. The number of halogens is 2. The van der Waals surface area contributed by atoms with Crippen molar-refractivity contribution in [3.8, 4) is 5.75 Å². The van der Waals surface area contributed by atoms with Gasteiger partial charge in [0, 0.05) is 12.0 Å². The number of carboxylic acids is 1. The average Bonchev–Trinajstić information content (AvgIpc) is 2.72. The maximum absolute atomic E-state index is 11.9. The first kappa shape index (κ1) is 22.7. The molecule has 1 amide bonds. The summed E-state index contributed by atoms with van der Waals surface area (Å²) < 4.78 is 6.17. The second kappa shape index (κ2) is 9.45. The van der Waals surface area contributed by atoms with Crippen LogP contribution in [-0.4, -0.2) is 34.2 Å². The van der Waals surface area contributed by atoms with Crippen LogP contribution in [0.1, 0.15) is 24.5 Å². The van der Waals surface area contributed by atoms with Gasteiger partial charge in [0.05, 0.1) is 16.5 Å². The van der Waals surface area contributed by atoms with Crippen LogP contribution in [0.25, 0.3) is 5.57 Å². The number of amides is 1. The minimum Gasteiger partial charge on any atom is -0.508 e. The predicted molar refractivity (Wildman–Crippen MR) is 120 cm³/mol. The zero-order valence-corrected chi connectivity index (χ0v) is 18.2. The Hall–Kier alpha value is -2.96. The van der Waals surface area contributed by atoms with Crippen molar-refractivity contribution in [1.82, 2.24) is 5.32 Å². The molecule has 0 bridgehead atoms. The van der Waals surface area contributed by atoms with E-state index in [4.69, 9.17) is 33.0 Å². The number of hydrogen-bond donors (Lipinski definition) is 3. The van der Waals surface area contributed by atoms with Crippen molar-refractivity contribution in [3.05, 3.63) is 81.5 Å². The maximum atomic E-state index is 11.9. The van der Waals surface area contributed by atoms with Crippen LogP contribution in [0.5, 0.6) is 5.75 Å². The van der Waals surface area contributed by atoms with Crippen LogP contribution < -0.4 is 10.1 Å². The molecule has 2 aromatic rings. The Morgan fingerprint density at radius 3 is 2.42 bits per heavy atom. The van der Waals surface area contributed by atoms with Crippen LogP contribution in [0, 0.1) is 0 Å². The van der Waals surface area contributed by atoms with Gasteiger partial charge in [0.2, 0.25) is 5.91 Å². The van der Waals surface area contributed by atoms with Crippen LogP contribution in [-0.2, 0) is 16.0 Å². The fourth-order valence-electron chi connectivity index (χ4n) is 3.28. The summed E-state index contributed by atoms with van der Waals surface area (Å²) in [5.74, 6) is -1.15. The second-order valence-corrected chi connectivity index (χ2v) is 8.20. The molecule has 0 saturated heterocycles. The van der Waals surface area contributed by atoms with Gasteiger partial charge in [0.25, 0.3) is 0 Å². The van der Waals surface area contributed by atoms with Crippen molar-refractivity contribution >= 4 is 40.7 Å². The van der Waals surface area contributed by atoms with Gasteiger partial charge < -0.3 is 20.3 Å². The highest BCUT2D eigenvalue weighted by Gasteiger charge is 2.31. The van der Waals surface area contributed by atoms with Crippen molar-refractivity contribution in [2.75, 3.05) is 6.54 Å². The van der Waals surface area contributed by atoms with Crippen LogP contribution in [0.2, 0.25) is 10.0 Å². The van der Waals surface area contributed by atoms with Crippen LogP contribution in [0.3, 0.4) is 0 Å². The first-order chi connectivity index (χ1) is 14.7. The third-order valence-electron chi connectivity index (χ3n) is 4.75. The van der Waals surface area contributed by atoms with Gasteiger partial charge in [-0.1, -0.05) is 53.5 Å². The molecule has 3 N–H and O–H groups in total. The van der Waals surface area contributed by atoms with Gasteiger partial charge in [-0.05, 0) is 42.3 Å². The van der Waals surface area contributed by atoms with E-state index < -0.39 is 24.0 Å². The number of rotatable bonds is 7. The lowest BCUT2D eigenvalue weighted by Gasteiger charge is -2.32. The lowest BCUT2D eigenvalue weighted by molar-refractivity contribution is -0.137. The number of ether oxygens (including phenoxy) is 1. The van der Waals surface area contributed by atoms with Gasteiger partial charge in [0.1, 0.15) is 17.9 Å². The third-order valence-corrected chi connectivity index (χ3v) is 5.31. The summed E-state index contributed by atoms with van der Waals surface area (Å²) in [5.41, 5.74) is 1.34. The molecule has 1 aliphatic carbocycles. The Kier molecular flexibility index (Phi) is 6.93. The number of carbonyl (C=O) groups is 2. The number of aliphatic hydroxyl groups is 1. The van der Waals surface area contributed by atoms with Crippen LogP contribution in [0.15, 0.2) is 60.4 Å². The zero-order valence-electron chi connectivity index (χ0n) is 16.7. The van der Waals surface area contributed by atoms with E-state index in [2.05, 4.69) is 5.32 Å². The minimum atomic E-state index is -1.13. The Bertz CT molecular complexity index is 1040. The molecule has 0 saturated carbocycles. The summed E-state index contributed by atoms with van der Waals surface area (Å²) in [5, 5.41) is 21.7. The molecule has 162 valence electrons. The number of carbonyl (C=O) groups excluding carboxylic acids is 1. The van der Waals surface area contributed by atoms with Crippen molar-refractivity contribution in [2.45, 2.75) is 25.4 Å². The van der Waals surface area contributed by atoms with Gasteiger partial charge in [-0.3, -0.25) is 9.59 Å². The molecule has 0 aliphatic heterocycles. The maximum Gasteiger partial charge on any atom is 0.322 e. The molecule has 1 atom stereocenters. The topological polar surface area (TPSA) is 95.9 Å². The summed E-state index contributed by atoms with van der Waals surface area (Å²) in [7, 11) is 0. The molecular weight excluding hydrogens is 441 g/mol. The van der Waals surface area contributed by atoms with Gasteiger partial charge in [0.15, 0.2) is 5.75 Å². The molecule has 0 radical (unpaired) electrons. The molecule has 1 aliphatic rings. The molecule has 0 fully saturated rings. The van der Waals surface area contributed by atoms with E-state index in [-0.39, 0.29) is 28.0 Å². The van der Waals surface area contributed by atoms with Crippen molar-refractivity contribution in [3.63, 3.8) is 0 Å². The molecule has 0 heterocycles.